The summed E-state index contributed by atoms with van der Waals surface area (Å²) in [6, 6.07) is 33.1. The summed E-state index contributed by atoms with van der Waals surface area (Å²) >= 11 is 0. The lowest BCUT2D eigenvalue weighted by Crippen LogP contribution is -2.67. The van der Waals surface area contributed by atoms with Crippen molar-refractivity contribution in [3.63, 3.8) is 0 Å². The van der Waals surface area contributed by atoms with Gasteiger partial charge in [0.05, 0.1) is 0 Å². The Bertz CT molecular complexity index is 868. The molecule has 3 aromatic rings. The van der Waals surface area contributed by atoms with Gasteiger partial charge >= 0.3 is 0 Å². The van der Waals surface area contributed by atoms with Crippen LogP contribution < -0.4 is 10.4 Å². The lowest BCUT2D eigenvalue weighted by Gasteiger charge is -2.46. The Hall–Kier alpha value is -2.16. The van der Waals surface area contributed by atoms with Crippen LogP contribution in [-0.2, 0) is 4.43 Å². The van der Waals surface area contributed by atoms with Crippen molar-refractivity contribution in [2.75, 3.05) is 0 Å². The van der Waals surface area contributed by atoms with Crippen molar-refractivity contribution >= 4 is 18.7 Å². The third-order valence-electron chi connectivity index (χ3n) is 6.71. The minimum absolute atomic E-state index is 0.0476. The zero-order valence-corrected chi connectivity index (χ0v) is 19.6. The summed E-state index contributed by atoms with van der Waals surface area (Å²) in [6.07, 6.45) is 5.05. The van der Waals surface area contributed by atoms with Crippen molar-refractivity contribution in [2.45, 2.75) is 63.5 Å². The minimum atomic E-state index is -2.44. The first kappa shape index (κ1) is 21.1. The first-order valence-electron chi connectivity index (χ1n) is 11.3. The largest absolute Gasteiger partial charge is 0.404 e. The molecule has 1 saturated carbocycles. The van der Waals surface area contributed by atoms with E-state index in [0.717, 1.165) is 12.8 Å². The lowest BCUT2D eigenvalue weighted by molar-refractivity contribution is 0.135. The van der Waals surface area contributed by atoms with E-state index < -0.39 is 8.32 Å². The summed E-state index contributed by atoms with van der Waals surface area (Å²) in [5.74, 6) is 0.671. The van der Waals surface area contributed by atoms with E-state index in [4.69, 9.17) is 4.43 Å². The predicted octanol–water partition coefficient (Wildman–Crippen LogP) is 6.29. The van der Waals surface area contributed by atoms with E-state index in [9.17, 15) is 0 Å². The van der Waals surface area contributed by atoms with E-state index in [-0.39, 0.29) is 5.04 Å². The third kappa shape index (κ3) is 4.17. The average Bonchev–Trinajstić information content (AvgIpc) is 2.79. The molecule has 0 heterocycles. The van der Waals surface area contributed by atoms with Crippen molar-refractivity contribution in [3.05, 3.63) is 96.6 Å². The van der Waals surface area contributed by atoms with Crippen LogP contribution in [0, 0.1) is 0 Å². The van der Waals surface area contributed by atoms with Gasteiger partial charge < -0.3 is 4.43 Å². The van der Waals surface area contributed by atoms with Crippen LogP contribution >= 0.6 is 0 Å². The molecule has 0 spiro atoms. The molecule has 1 aliphatic rings. The average molecular weight is 415 g/mol. The predicted molar refractivity (Wildman–Crippen MR) is 130 cm³/mol. The molecule has 0 unspecified atom stereocenters. The molecular formula is C28H34OSi. The molecule has 0 radical (unpaired) electrons. The van der Waals surface area contributed by atoms with E-state index in [2.05, 4.69) is 112 Å². The van der Waals surface area contributed by atoms with Gasteiger partial charge in [-0.2, -0.15) is 0 Å². The topological polar surface area (TPSA) is 9.23 Å². The molecule has 1 nitrogen and oxygen atoms in total. The summed E-state index contributed by atoms with van der Waals surface area (Å²) in [5, 5.41) is 2.81. The molecule has 4 rings (SSSR count). The highest BCUT2D eigenvalue weighted by atomic mass is 28.4. The number of rotatable bonds is 5. The normalized spacial score (nSPS) is 20.1. The van der Waals surface area contributed by atoms with Crippen LogP contribution in [0.1, 0.15) is 57.9 Å². The van der Waals surface area contributed by atoms with E-state index in [1.165, 1.54) is 28.8 Å². The smallest absolute Gasteiger partial charge is 0.261 e. The molecule has 30 heavy (non-hydrogen) atoms. The molecule has 0 N–H and O–H groups in total. The van der Waals surface area contributed by atoms with Crippen LogP contribution in [0.2, 0.25) is 5.04 Å². The Balaban J connectivity index is 1.65. The molecule has 0 amide bonds. The summed E-state index contributed by atoms with van der Waals surface area (Å²) in [6.45, 7) is 7.11. The standard InChI is InChI=1S/C28H34OSi/c1-28(2,3)30(26-15-9-5-10-16-26,27-17-11-6-12-18-27)29-25-21-19-24(20-22-25)23-13-7-4-8-14-23/h4-18,24-25H,19-22H2,1-3H3. The second kappa shape index (κ2) is 8.91. The van der Waals surface area contributed by atoms with Crippen molar-refractivity contribution in [3.8, 4) is 0 Å². The zero-order chi connectivity index (χ0) is 21.0. The molecule has 156 valence electrons. The molecule has 1 aliphatic carbocycles. The fourth-order valence-electron chi connectivity index (χ4n) is 5.18. The van der Waals surface area contributed by atoms with Gasteiger partial charge in [0, 0.05) is 6.10 Å². The summed E-state index contributed by atoms with van der Waals surface area (Å²) in [5.41, 5.74) is 1.49. The quantitative estimate of drug-likeness (QED) is 0.446. The third-order valence-corrected chi connectivity index (χ3v) is 11.8. The van der Waals surface area contributed by atoms with Gasteiger partial charge in [0.25, 0.3) is 8.32 Å². The maximum Gasteiger partial charge on any atom is 0.261 e. The number of hydrogen-bond donors (Lipinski definition) is 0. The maximum atomic E-state index is 7.34. The molecule has 0 aliphatic heterocycles. The van der Waals surface area contributed by atoms with Gasteiger partial charge in [-0.25, -0.2) is 0 Å². The lowest BCUT2D eigenvalue weighted by atomic mass is 9.83. The second-order valence-corrected chi connectivity index (χ2v) is 13.9. The summed E-state index contributed by atoms with van der Waals surface area (Å²) in [4.78, 5) is 0. The molecule has 0 aromatic heterocycles. The Kier molecular flexibility index (Phi) is 6.26. The Labute approximate surface area is 183 Å². The van der Waals surface area contributed by atoms with Gasteiger partial charge in [-0.3, -0.25) is 0 Å². The highest BCUT2D eigenvalue weighted by molar-refractivity contribution is 6.99. The Morgan fingerprint density at radius 3 is 1.50 bits per heavy atom. The molecule has 0 bridgehead atoms. The van der Waals surface area contributed by atoms with Crippen molar-refractivity contribution in [1.29, 1.82) is 0 Å². The Morgan fingerprint density at radius 1 is 0.633 bits per heavy atom. The van der Waals surface area contributed by atoms with Crippen LogP contribution in [-0.4, -0.2) is 14.4 Å². The summed E-state index contributed by atoms with van der Waals surface area (Å²) in [7, 11) is -2.44. The molecule has 0 atom stereocenters. The van der Waals surface area contributed by atoms with Gasteiger partial charge in [0.2, 0.25) is 0 Å². The van der Waals surface area contributed by atoms with Crippen molar-refractivity contribution < 1.29 is 4.43 Å². The zero-order valence-electron chi connectivity index (χ0n) is 18.6. The molecule has 1 fully saturated rings. The highest BCUT2D eigenvalue weighted by Gasteiger charge is 2.51. The summed E-state index contributed by atoms with van der Waals surface area (Å²) < 4.78 is 7.34. The van der Waals surface area contributed by atoms with Crippen LogP contribution in [0.5, 0.6) is 0 Å². The number of hydrogen-bond acceptors (Lipinski definition) is 1. The van der Waals surface area contributed by atoms with Gasteiger partial charge in [-0.15, -0.1) is 0 Å². The van der Waals surface area contributed by atoms with Gasteiger partial charge in [0.15, 0.2) is 0 Å². The van der Waals surface area contributed by atoms with E-state index >= 15 is 0 Å². The van der Waals surface area contributed by atoms with E-state index in [1.54, 1.807) is 0 Å². The van der Waals surface area contributed by atoms with E-state index in [0.29, 0.717) is 12.0 Å². The van der Waals surface area contributed by atoms with Gasteiger partial charge in [-0.05, 0) is 52.6 Å². The van der Waals surface area contributed by atoms with Crippen molar-refractivity contribution in [1.82, 2.24) is 0 Å². The first-order valence-corrected chi connectivity index (χ1v) is 13.3. The second-order valence-electron chi connectivity index (χ2n) is 9.67. The number of benzene rings is 3. The van der Waals surface area contributed by atoms with Crippen LogP contribution in [0.3, 0.4) is 0 Å². The fraction of sp³-hybridized carbons (Fsp3) is 0.357. The van der Waals surface area contributed by atoms with Crippen LogP contribution in [0.15, 0.2) is 91.0 Å². The SMILES string of the molecule is CC(C)(C)[Si](OC1CCC(c2ccccc2)CC1)(c1ccccc1)c1ccccc1. The molecule has 2 heteroatoms. The van der Waals surface area contributed by atoms with E-state index in [1.807, 2.05) is 0 Å². The molecule has 0 saturated heterocycles. The highest BCUT2D eigenvalue weighted by Crippen LogP contribution is 2.41. The molecule has 3 aromatic carbocycles. The first-order chi connectivity index (χ1) is 14.5. The molecular weight excluding hydrogens is 380 g/mol. The fourth-order valence-corrected chi connectivity index (χ4v) is 9.93. The Morgan fingerprint density at radius 2 is 1.07 bits per heavy atom. The van der Waals surface area contributed by atoms with Gasteiger partial charge in [-0.1, -0.05) is 112 Å². The monoisotopic (exact) mass is 414 g/mol. The van der Waals surface area contributed by atoms with Crippen LogP contribution in [0.4, 0.5) is 0 Å². The van der Waals surface area contributed by atoms with Crippen LogP contribution in [0.25, 0.3) is 0 Å². The van der Waals surface area contributed by atoms with Gasteiger partial charge in [0.1, 0.15) is 0 Å². The minimum Gasteiger partial charge on any atom is -0.404 e. The maximum absolute atomic E-state index is 7.34. The van der Waals surface area contributed by atoms with Crippen molar-refractivity contribution in [2.24, 2.45) is 0 Å².